The van der Waals surface area contributed by atoms with Gasteiger partial charge in [-0.1, -0.05) is 30.3 Å². The summed E-state index contributed by atoms with van der Waals surface area (Å²) in [6.07, 6.45) is 2.36. The van der Waals surface area contributed by atoms with Gasteiger partial charge in [0.2, 0.25) is 0 Å². The lowest BCUT2D eigenvalue weighted by molar-refractivity contribution is 0.0727. The first kappa shape index (κ1) is 16.3. The lowest BCUT2D eigenvalue weighted by atomic mass is 10.2. The molecule has 0 spiro atoms. The maximum atomic E-state index is 12.1. The van der Waals surface area contributed by atoms with Crippen molar-refractivity contribution in [2.24, 2.45) is 0 Å². The molecule has 5 nitrogen and oxygen atoms in total. The summed E-state index contributed by atoms with van der Waals surface area (Å²) in [6.45, 7) is 2.04. The molecule has 0 radical (unpaired) electrons. The van der Waals surface area contributed by atoms with Gasteiger partial charge >= 0.3 is 5.97 Å². The number of nitriles is 1. The third kappa shape index (κ3) is 4.20. The van der Waals surface area contributed by atoms with Crippen LogP contribution in [0.4, 0.5) is 0 Å². The highest BCUT2D eigenvalue weighted by atomic mass is 35.5. The van der Waals surface area contributed by atoms with E-state index in [0.29, 0.717) is 16.5 Å². The van der Waals surface area contributed by atoms with E-state index in [2.05, 4.69) is 9.97 Å². The summed E-state index contributed by atoms with van der Waals surface area (Å²) in [7, 11) is 0. The SMILES string of the molecule is CCCSc1ncc(Cl)c(C(=O)Oc2ccc(C#N)cc2)n1. The molecule has 7 heteroatoms. The fourth-order valence-electron chi connectivity index (χ4n) is 1.51. The second-order valence-corrected chi connectivity index (χ2v) is 5.69. The van der Waals surface area contributed by atoms with Gasteiger partial charge in [-0.05, 0) is 30.7 Å². The predicted octanol–water partition coefficient (Wildman–Crippen LogP) is 3.72. The first-order valence-electron chi connectivity index (χ1n) is 6.51. The molecular weight excluding hydrogens is 322 g/mol. The number of aromatic nitrogens is 2. The molecule has 2 aromatic rings. The fourth-order valence-corrected chi connectivity index (χ4v) is 2.35. The minimum absolute atomic E-state index is 0.0274. The number of hydrogen-bond acceptors (Lipinski definition) is 6. The number of thioether (sulfide) groups is 1. The molecule has 2 rings (SSSR count). The normalized spacial score (nSPS) is 10.0. The molecule has 0 saturated heterocycles. The highest BCUT2D eigenvalue weighted by molar-refractivity contribution is 7.99. The topological polar surface area (TPSA) is 75.9 Å². The number of carbonyl (C=O) groups is 1. The lowest BCUT2D eigenvalue weighted by Crippen LogP contribution is -2.12. The van der Waals surface area contributed by atoms with Gasteiger partial charge < -0.3 is 4.74 Å². The molecule has 0 bridgehead atoms. The molecule has 1 aromatic carbocycles. The van der Waals surface area contributed by atoms with E-state index in [9.17, 15) is 4.79 Å². The summed E-state index contributed by atoms with van der Waals surface area (Å²) < 4.78 is 5.21. The summed E-state index contributed by atoms with van der Waals surface area (Å²) in [4.78, 5) is 20.3. The molecule has 0 atom stereocenters. The van der Waals surface area contributed by atoms with Crippen LogP contribution in [0.2, 0.25) is 5.02 Å². The molecular formula is C15H12ClN3O2S. The molecule has 1 aromatic heterocycles. The molecule has 0 fully saturated rings. The van der Waals surface area contributed by atoms with Crippen LogP contribution in [-0.4, -0.2) is 21.7 Å². The Hall–Kier alpha value is -2.10. The molecule has 1 heterocycles. The van der Waals surface area contributed by atoms with Crippen LogP contribution >= 0.6 is 23.4 Å². The predicted molar refractivity (Wildman–Crippen MR) is 84.2 cm³/mol. The summed E-state index contributed by atoms with van der Waals surface area (Å²) in [6, 6.07) is 8.19. The number of benzene rings is 1. The molecule has 0 unspecified atom stereocenters. The molecule has 0 amide bonds. The number of esters is 1. The molecule has 22 heavy (non-hydrogen) atoms. The molecule has 0 aliphatic rings. The second kappa shape index (κ2) is 7.78. The first-order chi connectivity index (χ1) is 10.6. The average molecular weight is 334 g/mol. The third-order valence-corrected chi connectivity index (χ3v) is 3.89. The van der Waals surface area contributed by atoms with Gasteiger partial charge in [-0.3, -0.25) is 0 Å². The van der Waals surface area contributed by atoms with E-state index < -0.39 is 5.97 Å². The molecule has 112 valence electrons. The van der Waals surface area contributed by atoms with Crippen LogP contribution in [0, 0.1) is 11.3 Å². The van der Waals surface area contributed by atoms with E-state index >= 15 is 0 Å². The Morgan fingerprint density at radius 1 is 1.41 bits per heavy atom. The van der Waals surface area contributed by atoms with Gasteiger partial charge in [-0.15, -0.1) is 0 Å². The van der Waals surface area contributed by atoms with Crippen molar-refractivity contribution in [2.75, 3.05) is 5.75 Å². The van der Waals surface area contributed by atoms with Crippen LogP contribution in [0.15, 0.2) is 35.6 Å². The van der Waals surface area contributed by atoms with Crippen molar-refractivity contribution in [3.05, 3.63) is 46.7 Å². The fraction of sp³-hybridized carbons (Fsp3) is 0.200. The van der Waals surface area contributed by atoms with Gasteiger partial charge in [-0.2, -0.15) is 5.26 Å². The third-order valence-electron chi connectivity index (χ3n) is 2.54. The largest absolute Gasteiger partial charge is 0.422 e. The van der Waals surface area contributed by atoms with E-state index in [4.69, 9.17) is 21.6 Å². The highest BCUT2D eigenvalue weighted by Crippen LogP contribution is 2.21. The van der Waals surface area contributed by atoms with Crippen LogP contribution in [0.1, 0.15) is 29.4 Å². The van der Waals surface area contributed by atoms with Gasteiger partial charge in [0.05, 0.1) is 22.9 Å². The minimum Gasteiger partial charge on any atom is -0.422 e. The molecule has 0 saturated carbocycles. The zero-order chi connectivity index (χ0) is 15.9. The number of ether oxygens (including phenoxy) is 1. The number of rotatable bonds is 5. The average Bonchev–Trinajstić information content (AvgIpc) is 2.54. The first-order valence-corrected chi connectivity index (χ1v) is 7.88. The Morgan fingerprint density at radius 2 is 2.14 bits per heavy atom. The van der Waals surface area contributed by atoms with Crippen LogP contribution < -0.4 is 4.74 Å². The van der Waals surface area contributed by atoms with E-state index in [1.165, 1.54) is 30.1 Å². The Kier molecular flexibility index (Phi) is 5.75. The van der Waals surface area contributed by atoms with Crippen molar-refractivity contribution >= 4 is 29.3 Å². The summed E-state index contributed by atoms with van der Waals surface area (Å²) in [5.41, 5.74) is 0.512. The van der Waals surface area contributed by atoms with E-state index in [-0.39, 0.29) is 10.7 Å². The number of hydrogen-bond donors (Lipinski definition) is 0. The summed E-state index contributed by atoms with van der Waals surface area (Å²) in [5.74, 6) is 0.517. The lowest BCUT2D eigenvalue weighted by Gasteiger charge is -2.06. The summed E-state index contributed by atoms with van der Waals surface area (Å²) >= 11 is 7.41. The maximum Gasteiger partial charge on any atom is 0.364 e. The summed E-state index contributed by atoms with van der Waals surface area (Å²) in [5, 5.41) is 9.35. The zero-order valence-corrected chi connectivity index (χ0v) is 13.3. The standard InChI is InChI=1S/C15H12ClN3O2S/c1-2-7-22-15-18-9-12(16)13(19-15)14(20)21-11-5-3-10(8-17)4-6-11/h3-6,9H,2,7H2,1H3. The van der Waals surface area contributed by atoms with E-state index in [1.54, 1.807) is 12.1 Å². The molecule has 0 aliphatic carbocycles. The molecule has 0 N–H and O–H groups in total. The van der Waals surface area contributed by atoms with Crippen molar-refractivity contribution < 1.29 is 9.53 Å². The maximum absolute atomic E-state index is 12.1. The van der Waals surface area contributed by atoms with Crippen LogP contribution in [0.5, 0.6) is 5.75 Å². The van der Waals surface area contributed by atoms with Crippen molar-refractivity contribution in [3.8, 4) is 11.8 Å². The number of nitrogens with zero attached hydrogens (tertiary/aromatic N) is 3. The van der Waals surface area contributed by atoms with Crippen LogP contribution in [-0.2, 0) is 0 Å². The van der Waals surface area contributed by atoms with Crippen LogP contribution in [0.3, 0.4) is 0 Å². The van der Waals surface area contributed by atoms with Gasteiger partial charge in [0.15, 0.2) is 10.9 Å². The zero-order valence-electron chi connectivity index (χ0n) is 11.7. The monoisotopic (exact) mass is 333 g/mol. The van der Waals surface area contributed by atoms with Gasteiger partial charge in [-0.25, -0.2) is 14.8 Å². The quantitative estimate of drug-likeness (QED) is 0.359. The Bertz CT molecular complexity index is 714. The van der Waals surface area contributed by atoms with Gasteiger partial charge in [0.25, 0.3) is 0 Å². The van der Waals surface area contributed by atoms with Crippen molar-refractivity contribution in [3.63, 3.8) is 0 Å². The van der Waals surface area contributed by atoms with Crippen molar-refractivity contribution in [2.45, 2.75) is 18.5 Å². The van der Waals surface area contributed by atoms with E-state index in [1.807, 2.05) is 13.0 Å². The van der Waals surface area contributed by atoms with Crippen LogP contribution in [0.25, 0.3) is 0 Å². The smallest absolute Gasteiger partial charge is 0.364 e. The van der Waals surface area contributed by atoms with Gasteiger partial charge in [0.1, 0.15) is 5.75 Å². The Morgan fingerprint density at radius 3 is 2.77 bits per heavy atom. The Labute approximate surface area is 137 Å². The number of halogens is 1. The number of carbonyl (C=O) groups excluding carboxylic acids is 1. The second-order valence-electron chi connectivity index (χ2n) is 4.22. The van der Waals surface area contributed by atoms with E-state index in [0.717, 1.165) is 12.2 Å². The van der Waals surface area contributed by atoms with Crippen molar-refractivity contribution in [1.82, 2.24) is 9.97 Å². The molecule has 0 aliphatic heterocycles. The minimum atomic E-state index is -0.657. The van der Waals surface area contributed by atoms with Gasteiger partial charge in [0, 0.05) is 5.75 Å². The Balaban J connectivity index is 2.15. The van der Waals surface area contributed by atoms with Crippen molar-refractivity contribution in [1.29, 1.82) is 5.26 Å². The highest BCUT2D eigenvalue weighted by Gasteiger charge is 2.16.